The van der Waals surface area contributed by atoms with E-state index in [2.05, 4.69) is 24.9 Å². The molecule has 2 atom stereocenters. The summed E-state index contributed by atoms with van der Waals surface area (Å²) >= 11 is 5.85. The van der Waals surface area contributed by atoms with Crippen molar-refractivity contribution in [3.05, 3.63) is 29.1 Å². The highest BCUT2D eigenvalue weighted by Gasteiger charge is 2.38. The molecular weight excluding hydrogens is 488 g/mol. The molecule has 190 valence electrons. The van der Waals surface area contributed by atoms with E-state index in [1.807, 2.05) is 0 Å². The Morgan fingerprint density at radius 3 is 2.32 bits per heavy atom. The Bertz CT molecular complexity index is 1020. The fourth-order valence-electron chi connectivity index (χ4n) is 4.05. The van der Waals surface area contributed by atoms with Crippen LogP contribution in [0.4, 0.5) is 5.95 Å². The average Bonchev–Trinajstić information content (AvgIpc) is 3.16. The van der Waals surface area contributed by atoms with Gasteiger partial charge in [0.05, 0.1) is 24.3 Å². The van der Waals surface area contributed by atoms with Crippen molar-refractivity contribution in [2.45, 2.75) is 43.1 Å². The fraction of sp³-hybridized carbons (Fsp3) is 0.700. The van der Waals surface area contributed by atoms with Crippen molar-refractivity contribution < 1.29 is 27.7 Å². The molecule has 12 nitrogen and oxygen atoms in total. The van der Waals surface area contributed by atoms with Crippen molar-refractivity contribution in [2.24, 2.45) is 5.92 Å². The van der Waals surface area contributed by atoms with Gasteiger partial charge >= 0.3 is 0 Å². The summed E-state index contributed by atoms with van der Waals surface area (Å²) in [5.74, 6) is 1.11. The minimum atomic E-state index is -4.02. The molecule has 1 aliphatic rings. The Hall–Kier alpha value is -1.90. The van der Waals surface area contributed by atoms with Crippen molar-refractivity contribution in [1.29, 1.82) is 0 Å². The van der Waals surface area contributed by atoms with E-state index >= 15 is 0 Å². The van der Waals surface area contributed by atoms with Gasteiger partial charge in [-0.25, -0.2) is 18.4 Å². The normalized spacial score (nSPS) is 20.2. The first-order valence-electron chi connectivity index (χ1n) is 10.8. The summed E-state index contributed by atoms with van der Waals surface area (Å²) in [5.41, 5.74) is 0. The number of aliphatic hydroxyl groups is 1. The number of nitrogens with one attached hydrogen (secondary N) is 1. The van der Waals surface area contributed by atoms with E-state index in [4.69, 9.17) is 25.8 Å². The summed E-state index contributed by atoms with van der Waals surface area (Å²) < 4.78 is 47.1. The maximum absolute atomic E-state index is 13.3. The van der Waals surface area contributed by atoms with E-state index in [1.165, 1.54) is 26.4 Å². The molecule has 2 heterocycles. The Labute approximate surface area is 204 Å². The zero-order valence-corrected chi connectivity index (χ0v) is 21.2. The van der Waals surface area contributed by atoms with Crippen molar-refractivity contribution in [3.8, 4) is 0 Å². The van der Waals surface area contributed by atoms with Crippen LogP contribution in [0.25, 0.3) is 0 Å². The fourth-order valence-corrected chi connectivity index (χ4v) is 5.28. The first-order valence-corrected chi connectivity index (χ1v) is 12.7. The number of aromatic nitrogens is 5. The molecule has 3 rings (SSSR count). The van der Waals surface area contributed by atoms with Crippen LogP contribution in [0.1, 0.15) is 49.5 Å². The summed E-state index contributed by atoms with van der Waals surface area (Å²) in [6, 6.07) is -0.362. The van der Waals surface area contributed by atoms with Gasteiger partial charge < -0.3 is 19.3 Å². The predicted octanol–water partition coefficient (Wildman–Crippen LogP) is 1.56. The molecular formula is C20H31ClN6O6S. The quantitative estimate of drug-likeness (QED) is 0.399. The Morgan fingerprint density at radius 2 is 1.79 bits per heavy atom. The van der Waals surface area contributed by atoms with Gasteiger partial charge in [-0.1, -0.05) is 11.6 Å². The first-order chi connectivity index (χ1) is 16.2. The smallest absolute Gasteiger partial charge is 0.240 e. The Balaban J connectivity index is 1.91. The van der Waals surface area contributed by atoms with Gasteiger partial charge in [0, 0.05) is 46.2 Å². The van der Waals surface area contributed by atoms with E-state index in [0.717, 1.165) is 12.8 Å². The predicted molar refractivity (Wildman–Crippen MR) is 124 cm³/mol. The van der Waals surface area contributed by atoms with E-state index in [9.17, 15) is 13.5 Å². The standard InChI is InChI=1S/C20H31ClN6O6S/c1-12(17(33-4)18-22-7-15(21)8-23-18)34(29,30)26-20-25-24-19(14-5-13(6-14)9-28)27(20)16(10-31-2)11-32-3/h7-8,12-14,16-17,28H,5-6,9-11H2,1-4H3,(H,25,26)/t12-,13-,14-,17-/m0/s1. The highest BCUT2D eigenvalue weighted by Crippen LogP contribution is 2.42. The van der Waals surface area contributed by atoms with Crippen LogP contribution < -0.4 is 4.72 Å². The third kappa shape index (κ3) is 5.83. The number of ether oxygens (including phenoxy) is 3. The highest BCUT2D eigenvalue weighted by atomic mass is 35.5. The molecule has 0 spiro atoms. The van der Waals surface area contributed by atoms with Gasteiger partial charge in [-0.05, 0) is 25.7 Å². The van der Waals surface area contributed by atoms with Crippen molar-refractivity contribution >= 4 is 27.6 Å². The van der Waals surface area contributed by atoms with E-state index < -0.39 is 21.4 Å². The molecule has 0 bridgehead atoms. The number of sulfonamides is 1. The van der Waals surface area contributed by atoms with Gasteiger partial charge in [-0.2, -0.15) is 0 Å². The van der Waals surface area contributed by atoms with Gasteiger partial charge in [-0.3, -0.25) is 9.29 Å². The van der Waals surface area contributed by atoms with E-state index in [1.54, 1.807) is 18.8 Å². The molecule has 0 aromatic carbocycles. The van der Waals surface area contributed by atoms with Crippen LogP contribution in [0.2, 0.25) is 5.02 Å². The van der Waals surface area contributed by atoms with E-state index in [0.29, 0.717) is 10.8 Å². The third-order valence-electron chi connectivity index (χ3n) is 5.96. The summed E-state index contributed by atoms with van der Waals surface area (Å²) in [4.78, 5) is 8.20. The van der Waals surface area contributed by atoms with Crippen LogP contribution in [-0.2, 0) is 24.2 Å². The lowest BCUT2D eigenvalue weighted by molar-refractivity contribution is 0.0841. The topological polar surface area (TPSA) is 151 Å². The van der Waals surface area contributed by atoms with Crippen molar-refractivity contribution in [2.75, 3.05) is 45.9 Å². The minimum Gasteiger partial charge on any atom is -0.396 e. The SMILES string of the molecule is COCC(COC)n1c(NS(=O)(=O)[C@@H](C)[C@H](OC)c2ncc(Cl)cn2)nnc1[C@H]1C[C@H](CO)C1. The molecule has 14 heteroatoms. The molecule has 0 saturated heterocycles. The monoisotopic (exact) mass is 518 g/mol. The van der Waals surface area contributed by atoms with Gasteiger partial charge in [0.1, 0.15) is 17.2 Å². The summed E-state index contributed by atoms with van der Waals surface area (Å²) in [5, 5.41) is 17.1. The molecule has 0 radical (unpaired) electrons. The van der Waals surface area contributed by atoms with Crippen LogP contribution in [0.3, 0.4) is 0 Å². The molecule has 2 aromatic rings. The van der Waals surface area contributed by atoms with Crippen LogP contribution >= 0.6 is 11.6 Å². The summed E-state index contributed by atoms with van der Waals surface area (Å²) in [7, 11) is 0.476. The highest BCUT2D eigenvalue weighted by molar-refractivity contribution is 7.93. The number of nitrogens with zero attached hydrogens (tertiary/aromatic N) is 5. The van der Waals surface area contributed by atoms with Gasteiger partial charge in [0.2, 0.25) is 16.0 Å². The van der Waals surface area contributed by atoms with Gasteiger partial charge in [0.25, 0.3) is 0 Å². The number of hydrogen-bond donors (Lipinski definition) is 2. The second kappa shape index (κ2) is 11.7. The minimum absolute atomic E-state index is 0.0470. The molecule has 0 unspecified atom stereocenters. The average molecular weight is 519 g/mol. The van der Waals surface area contributed by atoms with E-state index in [-0.39, 0.29) is 49.5 Å². The summed E-state index contributed by atoms with van der Waals surface area (Å²) in [6.07, 6.45) is 3.29. The Kier molecular flexibility index (Phi) is 9.18. The van der Waals surface area contributed by atoms with Crippen LogP contribution in [-0.4, -0.2) is 84.7 Å². The molecule has 1 saturated carbocycles. The van der Waals surface area contributed by atoms with Crippen LogP contribution in [0, 0.1) is 5.92 Å². The van der Waals surface area contributed by atoms with Crippen LogP contribution in [0.5, 0.6) is 0 Å². The van der Waals surface area contributed by atoms with Crippen LogP contribution in [0.15, 0.2) is 12.4 Å². The third-order valence-corrected chi connectivity index (χ3v) is 7.85. The molecule has 2 N–H and O–H groups in total. The van der Waals surface area contributed by atoms with Crippen molar-refractivity contribution in [1.82, 2.24) is 24.7 Å². The second-order valence-electron chi connectivity index (χ2n) is 8.30. The first kappa shape index (κ1) is 26.7. The lowest BCUT2D eigenvalue weighted by Crippen LogP contribution is -2.35. The number of anilines is 1. The zero-order chi connectivity index (χ0) is 24.9. The Morgan fingerprint density at radius 1 is 1.18 bits per heavy atom. The maximum atomic E-state index is 13.3. The molecule has 2 aromatic heterocycles. The molecule has 1 fully saturated rings. The lowest BCUT2D eigenvalue weighted by Gasteiger charge is -2.34. The van der Waals surface area contributed by atoms with Crippen molar-refractivity contribution in [3.63, 3.8) is 0 Å². The molecule has 34 heavy (non-hydrogen) atoms. The largest absolute Gasteiger partial charge is 0.396 e. The number of methoxy groups -OCH3 is 3. The molecule has 0 aliphatic heterocycles. The zero-order valence-electron chi connectivity index (χ0n) is 19.6. The maximum Gasteiger partial charge on any atom is 0.240 e. The summed E-state index contributed by atoms with van der Waals surface area (Å²) in [6.45, 7) is 2.12. The van der Waals surface area contributed by atoms with Gasteiger partial charge in [-0.15, -0.1) is 10.2 Å². The molecule has 1 aliphatic carbocycles. The second-order valence-corrected chi connectivity index (χ2v) is 10.8. The van der Waals surface area contributed by atoms with Gasteiger partial charge in [0.15, 0.2) is 5.82 Å². The number of aliphatic hydroxyl groups excluding tert-OH is 1. The number of halogens is 1. The molecule has 0 amide bonds. The lowest BCUT2D eigenvalue weighted by atomic mass is 9.75. The number of rotatable bonds is 13. The number of hydrogen-bond acceptors (Lipinski definition) is 10.